The van der Waals surface area contributed by atoms with Crippen molar-refractivity contribution < 1.29 is 19.4 Å². The van der Waals surface area contributed by atoms with Gasteiger partial charge in [0.25, 0.3) is 5.91 Å². The van der Waals surface area contributed by atoms with Crippen LogP contribution >= 0.6 is 23.4 Å². The van der Waals surface area contributed by atoms with Crippen molar-refractivity contribution >= 4 is 35.2 Å². The molecule has 1 aromatic rings. The van der Waals surface area contributed by atoms with Crippen LogP contribution in [0.25, 0.3) is 0 Å². The van der Waals surface area contributed by atoms with Crippen LogP contribution in [0.15, 0.2) is 23.1 Å². The van der Waals surface area contributed by atoms with Gasteiger partial charge in [-0.3, -0.25) is 9.59 Å². The van der Waals surface area contributed by atoms with Crippen molar-refractivity contribution in [2.24, 2.45) is 0 Å². The Hall–Kier alpha value is -1.24. The highest BCUT2D eigenvalue weighted by Gasteiger charge is 2.30. The highest BCUT2D eigenvalue weighted by Crippen LogP contribution is 2.25. The van der Waals surface area contributed by atoms with Crippen molar-refractivity contribution in [3.8, 4) is 0 Å². The summed E-state index contributed by atoms with van der Waals surface area (Å²) in [5.74, 6) is -1.20. The van der Waals surface area contributed by atoms with E-state index in [4.69, 9.17) is 21.4 Å². The van der Waals surface area contributed by atoms with Crippen molar-refractivity contribution in [1.82, 2.24) is 4.90 Å². The second-order valence-corrected chi connectivity index (χ2v) is 5.96. The summed E-state index contributed by atoms with van der Waals surface area (Å²) in [7, 11) is 0. The molecular weight excluding hydrogens is 314 g/mol. The van der Waals surface area contributed by atoms with Crippen LogP contribution in [0.5, 0.6) is 0 Å². The van der Waals surface area contributed by atoms with Gasteiger partial charge >= 0.3 is 5.97 Å². The fraction of sp³-hybridized carbons (Fsp3) is 0.429. The molecule has 1 unspecified atom stereocenters. The summed E-state index contributed by atoms with van der Waals surface area (Å²) in [6.45, 7) is 1.01. The van der Waals surface area contributed by atoms with E-state index in [9.17, 15) is 9.59 Å². The number of carbonyl (C=O) groups excluding carboxylic acids is 1. The Morgan fingerprint density at radius 1 is 1.52 bits per heavy atom. The van der Waals surface area contributed by atoms with Crippen LogP contribution < -0.4 is 0 Å². The molecule has 0 saturated carbocycles. The Bertz CT molecular complexity index is 552. The van der Waals surface area contributed by atoms with E-state index in [0.29, 0.717) is 23.7 Å². The maximum absolute atomic E-state index is 12.7. The summed E-state index contributed by atoms with van der Waals surface area (Å²) in [5, 5.41) is 9.32. The first-order chi connectivity index (χ1) is 10.0. The van der Waals surface area contributed by atoms with E-state index in [0.717, 1.165) is 4.90 Å². The summed E-state index contributed by atoms with van der Waals surface area (Å²) >= 11 is 7.64. The number of aliphatic carboxylic acids is 1. The lowest BCUT2D eigenvalue weighted by Gasteiger charge is -2.35. The number of ether oxygens (including phenoxy) is 1. The molecule has 21 heavy (non-hydrogen) atoms. The number of hydrogen-bond donors (Lipinski definition) is 1. The van der Waals surface area contributed by atoms with Gasteiger partial charge in [-0.1, -0.05) is 11.6 Å². The fourth-order valence-corrected chi connectivity index (χ4v) is 2.88. The van der Waals surface area contributed by atoms with Gasteiger partial charge in [-0.15, -0.1) is 11.8 Å². The number of nitrogens with zero attached hydrogens (tertiary/aromatic N) is 1. The molecule has 0 spiro atoms. The van der Waals surface area contributed by atoms with Crippen LogP contribution in [0.3, 0.4) is 0 Å². The molecule has 1 heterocycles. The summed E-state index contributed by atoms with van der Waals surface area (Å²) in [4.78, 5) is 26.1. The molecule has 1 N–H and O–H groups in total. The van der Waals surface area contributed by atoms with Crippen molar-refractivity contribution in [1.29, 1.82) is 0 Å². The molecule has 7 heteroatoms. The van der Waals surface area contributed by atoms with E-state index >= 15 is 0 Å². The van der Waals surface area contributed by atoms with Gasteiger partial charge < -0.3 is 14.7 Å². The first kappa shape index (κ1) is 16.1. The van der Waals surface area contributed by atoms with Crippen LogP contribution in [-0.2, 0) is 9.53 Å². The van der Waals surface area contributed by atoms with Gasteiger partial charge in [-0.2, -0.15) is 0 Å². The molecule has 1 saturated heterocycles. The van der Waals surface area contributed by atoms with E-state index < -0.39 is 12.0 Å². The van der Waals surface area contributed by atoms with Gasteiger partial charge in [0.1, 0.15) is 0 Å². The van der Waals surface area contributed by atoms with Gasteiger partial charge in [0, 0.05) is 11.4 Å². The molecule has 114 valence electrons. The van der Waals surface area contributed by atoms with Crippen molar-refractivity contribution in [3.05, 3.63) is 28.8 Å². The monoisotopic (exact) mass is 329 g/mol. The predicted molar refractivity (Wildman–Crippen MR) is 81.1 cm³/mol. The second kappa shape index (κ2) is 7.15. The van der Waals surface area contributed by atoms with E-state index in [1.54, 1.807) is 17.0 Å². The van der Waals surface area contributed by atoms with Crippen molar-refractivity contribution in [2.45, 2.75) is 17.4 Å². The first-order valence-electron chi connectivity index (χ1n) is 6.47. The SMILES string of the molecule is CSc1ccc(Cl)c(C(=O)N2CCOCC2CC(=O)O)c1. The lowest BCUT2D eigenvalue weighted by atomic mass is 10.1. The summed E-state index contributed by atoms with van der Waals surface area (Å²) in [6, 6.07) is 4.81. The lowest BCUT2D eigenvalue weighted by Crippen LogP contribution is -2.49. The average molecular weight is 330 g/mol. The molecule has 1 atom stereocenters. The third-order valence-corrected chi connectivity index (χ3v) is 4.36. The molecule has 1 fully saturated rings. The van der Waals surface area contributed by atoms with E-state index in [1.807, 2.05) is 12.3 Å². The number of carbonyl (C=O) groups is 2. The van der Waals surface area contributed by atoms with Crippen LogP contribution in [0.1, 0.15) is 16.8 Å². The number of morpholine rings is 1. The molecule has 2 rings (SSSR count). The molecule has 1 amide bonds. The number of hydrogen-bond acceptors (Lipinski definition) is 4. The number of amides is 1. The minimum absolute atomic E-state index is 0.133. The number of halogens is 1. The fourth-order valence-electron chi connectivity index (χ4n) is 2.24. The first-order valence-corrected chi connectivity index (χ1v) is 8.07. The zero-order valence-corrected chi connectivity index (χ0v) is 13.1. The Balaban J connectivity index is 2.26. The minimum atomic E-state index is -0.952. The van der Waals surface area contributed by atoms with Gasteiger partial charge in [0.2, 0.25) is 0 Å². The Morgan fingerprint density at radius 3 is 2.95 bits per heavy atom. The smallest absolute Gasteiger partial charge is 0.305 e. The number of carboxylic acids is 1. The van der Waals surface area contributed by atoms with Gasteiger partial charge in [-0.05, 0) is 24.5 Å². The summed E-state index contributed by atoms with van der Waals surface area (Å²) in [5.41, 5.74) is 0.404. The van der Waals surface area contributed by atoms with Crippen LogP contribution in [0.4, 0.5) is 0 Å². The van der Waals surface area contributed by atoms with Gasteiger partial charge in [0.15, 0.2) is 0 Å². The summed E-state index contributed by atoms with van der Waals surface area (Å²) < 4.78 is 5.28. The maximum atomic E-state index is 12.7. The molecule has 0 aromatic heterocycles. The molecule has 1 aromatic carbocycles. The van der Waals surface area contributed by atoms with E-state index in [-0.39, 0.29) is 18.9 Å². The molecule has 0 bridgehead atoms. The quantitative estimate of drug-likeness (QED) is 0.859. The van der Waals surface area contributed by atoms with Crippen LogP contribution in [0.2, 0.25) is 5.02 Å². The molecule has 5 nitrogen and oxygen atoms in total. The zero-order chi connectivity index (χ0) is 15.4. The Morgan fingerprint density at radius 2 is 2.29 bits per heavy atom. The zero-order valence-electron chi connectivity index (χ0n) is 11.5. The maximum Gasteiger partial charge on any atom is 0.305 e. The molecule has 0 radical (unpaired) electrons. The lowest BCUT2D eigenvalue weighted by molar-refractivity contribution is -0.139. The van der Waals surface area contributed by atoms with E-state index in [1.165, 1.54) is 11.8 Å². The van der Waals surface area contributed by atoms with Crippen LogP contribution in [0, 0.1) is 0 Å². The minimum Gasteiger partial charge on any atom is -0.481 e. The standard InChI is InChI=1S/C14H16ClNO4S/c1-21-10-2-3-12(15)11(7-10)14(19)16-4-5-20-8-9(16)6-13(17)18/h2-3,7,9H,4-6,8H2,1H3,(H,17,18). The van der Waals surface area contributed by atoms with Crippen LogP contribution in [-0.4, -0.2) is 53.9 Å². The number of thioether (sulfide) groups is 1. The van der Waals surface area contributed by atoms with Crippen molar-refractivity contribution in [2.75, 3.05) is 26.0 Å². The third-order valence-electron chi connectivity index (χ3n) is 3.30. The summed E-state index contributed by atoms with van der Waals surface area (Å²) in [6.07, 6.45) is 1.78. The van der Waals surface area contributed by atoms with Crippen molar-refractivity contribution in [3.63, 3.8) is 0 Å². The normalized spacial score (nSPS) is 18.6. The second-order valence-electron chi connectivity index (χ2n) is 4.67. The average Bonchev–Trinajstić information content (AvgIpc) is 2.47. The Labute approximate surface area is 132 Å². The molecular formula is C14H16ClNO4S. The topological polar surface area (TPSA) is 66.8 Å². The highest BCUT2D eigenvalue weighted by molar-refractivity contribution is 7.98. The van der Waals surface area contributed by atoms with Gasteiger partial charge in [-0.25, -0.2) is 0 Å². The number of rotatable bonds is 4. The molecule has 0 aliphatic carbocycles. The number of benzene rings is 1. The third kappa shape index (κ3) is 3.90. The molecule has 1 aliphatic rings. The van der Waals surface area contributed by atoms with Gasteiger partial charge in [0.05, 0.1) is 36.3 Å². The number of carboxylic acid groups (broad SMARTS) is 1. The largest absolute Gasteiger partial charge is 0.481 e. The molecule has 1 aliphatic heterocycles. The van der Waals surface area contributed by atoms with E-state index in [2.05, 4.69) is 0 Å². The predicted octanol–water partition coefficient (Wildman–Crippen LogP) is 2.38. The highest BCUT2D eigenvalue weighted by atomic mass is 35.5. The Kier molecular flexibility index (Phi) is 5.50.